The van der Waals surface area contributed by atoms with Gasteiger partial charge in [0.15, 0.2) is 0 Å². The summed E-state index contributed by atoms with van der Waals surface area (Å²) in [6, 6.07) is -1.51. The van der Waals surface area contributed by atoms with Crippen LogP contribution in [0.15, 0.2) is 60.8 Å². The van der Waals surface area contributed by atoms with Gasteiger partial charge in [0.1, 0.15) is 0 Å². The summed E-state index contributed by atoms with van der Waals surface area (Å²) in [5.74, 6) is -1.38. The van der Waals surface area contributed by atoms with Crippen molar-refractivity contribution < 1.29 is 14.8 Å². The maximum Gasteiger partial charge on any atom is 0.379 e. The third-order valence-electron chi connectivity index (χ3n) is 3.30. The highest BCUT2D eigenvalue weighted by molar-refractivity contribution is 5.71. The lowest BCUT2D eigenvalue weighted by atomic mass is 10.1. The van der Waals surface area contributed by atoms with Crippen LogP contribution in [0.3, 0.4) is 0 Å². The molecule has 0 amide bonds. The molecule has 0 aliphatic heterocycles. The van der Waals surface area contributed by atoms with Crippen molar-refractivity contribution in [3.63, 3.8) is 0 Å². The largest absolute Gasteiger partial charge is 0.476 e. The lowest BCUT2D eigenvalue weighted by molar-refractivity contribution is -0.510. The molecule has 0 spiro atoms. The summed E-state index contributed by atoms with van der Waals surface area (Å²) in [7, 11) is 0. The molecule has 25 heavy (non-hydrogen) atoms. The molecule has 138 valence electrons. The van der Waals surface area contributed by atoms with Gasteiger partial charge in [0.05, 0.1) is 0 Å². The summed E-state index contributed by atoms with van der Waals surface area (Å²) >= 11 is 0. The SMILES string of the molecule is CC/C=C/C/C=C/C/C=C/C/C=C/C/C=C/CCC(C(=O)O)[N+](=O)[O-]. The van der Waals surface area contributed by atoms with E-state index in [1.165, 1.54) is 0 Å². The Kier molecular flexibility index (Phi) is 14.8. The average Bonchev–Trinajstić information content (AvgIpc) is 2.57. The zero-order chi connectivity index (χ0) is 18.8. The Morgan fingerprint density at radius 1 is 0.880 bits per heavy atom. The second-order valence-electron chi connectivity index (χ2n) is 5.42. The first-order valence-corrected chi connectivity index (χ1v) is 8.70. The minimum Gasteiger partial charge on any atom is -0.476 e. The lowest BCUT2D eigenvalue weighted by Gasteiger charge is -2.01. The van der Waals surface area contributed by atoms with Crippen molar-refractivity contribution in [2.75, 3.05) is 0 Å². The quantitative estimate of drug-likeness (QED) is 0.264. The summed E-state index contributed by atoms with van der Waals surface area (Å²) in [4.78, 5) is 20.4. The number of carboxylic acid groups (broad SMARTS) is 1. The number of hydrogen-bond donors (Lipinski definition) is 1. The van der Waals surface area contributed by atoms with Crippen molar-refractivity contribution in [3.05, 3.63) is 70.9 Å². The van der Waals surface area contributed by atoms with Gasteiger partial charge in [0, 0.05) is 11.3 Å². The third kappa shape index (κ3) is 14.9. The predicted molar refractivity (Wildman–Crippen MR) is 102 cm³/mol. The molecule has 1 atom stereocenters. The molecule has 1 N–H and O–H groups in total. The zero-order valence-electron chi connectivity index (χ0n) is 14.9. The van der Waals surface area contributed by atoms with Crippen molar-refractivity contribution in [1.29, 1.82) is 0 Å². The molecular weight excluding hydrogens is 318 g/mol. The second-order valence-corrected chi connectivity index (χ2v) is 5.42. The molecule has 0 aromatic rings. The number of allylic oxidation sites excluding steroid dienone is 10. The van der Waals surface area contributed by atoms with Gasteiger partial charge in [-0.3, -0.25) is 10.1 Å². The Bertz CT molecular complexity index is 502. The second kappa shape index (κ2) is 16.4. The fraction of sp³-hybridized carbons (Fsp3) is 0.450. The highest BCUT2D eigenvalue weighted by Crippen LogP contribution is 2.03. The molecule has 0 radical (unpaired) electrons. The van der Waals surface area contributed by atoms with Gasteiger partial charge < -0.3 is 5.11 Å². The summed E-state index contributed by atoms with van der Waals surface area (Å²) in [5.41, 5.74) is 0. The molecule has 0 fully saturated rings. The van der Waals surface area contributed by atoms with Gasteiger partial charge in [-0.25, -0.2) is 4.79 Å². The highest BCUT2D eigenvalue weighted by Gasteiger charge is 2.27. The molecular formula is C20H29NO4. The van der Waals surface area contributed by atoms with Gasteiger partial charge >= 0.3 is 12.0 Å². The normalized spacial score (nSPS) is 13.8. The van der Waals surface area contributed by atoms with Crippen molar-refractivity contribution in [3.8, 4) is 0 Å². The van der Waals surface area contributed by atoms with Gasteiger partial charge in [-0.15, -0.1) is 0 Å². The maximum absolute atomic E-state index is 10.6. The number of hydrogen-bond acceptors (Lipinski definition) is 3. The molecule has 5 heteroatoms. The average molecular weight is 347 g/mol. The van der Waals surface area contributed by atoms with E-state index in [1.807, 2.05) is 12.2 Å². The molecule has 0 aliphatic carbocycles. The van der Waals surface area contributed by atoms with E-state index >= 15 is 0 Å². The molecule has 1 unspecified atom stereocenters. The zero-order valence-corrected chi connectivity index (χ0v) is 14.9. The Hall–Kier alpha value is -2.43. The van der Waals surface area contributed by atoms with Crippen LogP contribution in [0.2, 0.25) is 0 Å². The van der Waals surface area contributed by atoms with Crippen LogP contribution in [-0.2, 0) is 4.79 Å². The van der Waals surface area contributed by atoms with Crippen LogP contribution in [0.5, 0.6) is 0 Å². The van der Waals surface area contributed by atoms with E-state index in [1.54, 1.807) is 6.08 Å². The maximum atomic E-state index is 10.6. The molecule has 0 heterocycles. The van der Waals surface area contributed by atoms with Gasteiger partial charge in [0.25, 0.3) is 0 Å². The highest BCUT2D eigenvalue weighted by atomic mass is 16.6. The molecule has 5 nitrogen and oxygen atoms in total. The van der Waals surface area contributed by atoms with Crippen LogP contribution >= 0.6 is 0 Å². The van der Waals surface area contributed by atoms with Crippen LogP contribution in [-0.4, -0.2) is 22.0 Å². The van der Waals surface area contributed by atoms with E-state index < -0.39 is 16.9 Å². The smallest absolute Gasteiger partial charge is 0.379 e. The van der Waals surface area contributed by atoms with Crippen LogP contribution < -0.4 is 0 Å². The van der Waals surface area contributed by atoms with E-state index in [0.29, 0.717) is 6.42 Å². The van der Waals surface area contributed by atoms with Gasteiger partial charge in [-0.05, 0) is 38.5 Å². The van der Waals surface area contributed by atoms with E-state index in [-0.39, 0.29) is 6.42 Å². The monoisotopic (exact) mass is 347 g/mol. The predicted octanol–water partition coefficient (Wildman–Crippen LogP) is 5.25. The Morgan fingerprint density at radius 3 is 1.64 bits per heavy atom. The van der Waals surface area contributed by atoms with Crippen LogP contribution in [0, 0.1) is 10.1 Å². The van der Waals surface area contributed by atoms with E-state index in [9.17, 15) is 14.9 Å². The van der Waals surface area contributed by atoms with Gasteiger partial charge in [-0.2, -0.15) is 0 Å². The Morgan fingerprint density at radius 2 is 1.28 bits per heavy atom. The molecule has 0 saturated heterocycles. The summed E-state index contributed by atoms with van der Waals surface area (Å²) in [6.45, 7) is 2.12. The Labute approximate surface area is 150 Å². The number of aliphatic carboxylic acids is 1. The minimum absolute atomic E-state index is 0.0209. The molecule has 0 aromatic carbocycles. The topological polar surface area (TPSA) is 80.4 Å². The van der Waals surface area contributed by atoms with E-state index in [2.05, 4.69) is 49.5 Å². The minimum atomic E-state index is -1.51. The fourth-order valence-electron chi connectivity index (χ4n) is 1.94. The lowest BCUT2D eigenvalue weighted by Crippen LogP contribution is -2.28. The molecule has 0 aliphatic rings. The Balaban J connectivity index is 3.71. The number of carboxylic acids is 1. The first-order valence-electron chi connectivity index (χ1n) is 8.70. The van der Waals surface area contributed by atoms with Gasteiger partial charge in [-0.1, -0.05) is 67.7 Å². The van der Waals surface area contributed by atoms with Crippen molar-refractivity contribution in [2.24, 2.45) is 0 Å². The van der Waals surface area contributed by atoms with E-state index in [0.717, 1.165) is 32.1 Å². The number of carbonyl (C=O) groups is 1. The fourth-order valence-corrected chi connectivity index (χ4v) is 1.94. The van der Waals surface area contributed by atoms with E-state index in [4.69, 9.17) is 5.11 Å². The van der Waals surface area contributed by atoms with Crippen LogP contribution in [0.4, 0.5) is 0 Å². The third-order valence-corrected chi connectivity index (χ3v) is 3.30. The van der Waals surface area contributed by atoms with Crippen LogP contribution in [0.25, 0.3) is 0 Å². The summed E-state index contributed by atoms with van der Waals surface area (Å²) in [5, 5.41) is 19.2. The van der Waals surface area contributed by atoms with Crippen molar-refractivity contribution >= 4 is 5.97 Å². The first kappa shape index (κ1) is 22.6. The first-order chi connectivity index (χ1) is 12.1. The number of nitro groups is 1. The number of nitrogens with zero attached hydrogens (tertiary/aromatic N) is 1. The molecule has 0 rings (SSSR count). The standard InChI is InChI=1S/C20H29NO4/c1-2-3-4-5-6-7-8-9-10-11-12-13-14-15-16-17-18-19(20(22)23)21(24)25/h3-4,6-7,9-10,12-13,15-16,19H,2,5,8,11,14,17-18H2,1H3,(H,22,23)/b4-3+,7-6+,10-9+,13-12+,16-15+. The molecule has 0 saturated carbocycles. The molecule has 0 bridgehead atoms. The summed E-state index contributed by atoms with van der Waals surface area (Å²) in [6.07, 6.45) is 25.7. The number of rotatable bonds is 14. The van der Waals surface area contributed by atoms with Crippen molar-refractivity contribution in [2.45, 2.75) is 57.9 Å². The van der Waals surface area contributed by atoms with Gasteiger partial charge in [0.2, 0.25) is 0 Å². The van der Waals surface area contributed by atoms with Crippen molar-refractivity contribution in [1.82, 2.24) is 0 Å². The van der Waals surface area contributed by atoms with Crippen LogP contribution in [0.1, 0.15) is 51.9 Å². The molecule has 0 aromatic heterocycles. The summed E-state index contributed by atoms with van der Waals surface area (Å²) < 4.78 is 0.